The third-order valence-corrected chi connectivity index (χ3v) is 3.88. The number of carboxylic acids is 1. The molecule has 25 heavy (non-hydrogen) atoms. The van der Waals surface area contributed by atoms with Crippen LogP contribution in [-0.2, 0) is 4.79 Å². The Labute approximate surface area is 144 Å². The largest absolute Gasteiger partial charge is 0.511 e. The first-order valence-corrected chi connectivity index (χ1v) is 7.52. The number of hydrogen-bond acceptors (Lipinski definition) is 5. The average Bonchev–Trinajstić information content (AvgIpc) is 3.03. The molecule has 9 heteroatoms. The lowest BCUT2D eigenvalue weighted by molar-refractivity contribution is -0.136. The minimum atomic E-state index is -1.10. The van der Waals surface area contributed by atoms with Crippen molar-refractivity contribution in [1.82, 2.24) is 14.6 Å². The number of rotatable bonds is 4. The van der Waals surface area contributed by atoms with Gasteiger partial charge in [-0.1, -0.05) is 11.6 Å². The van der Waals surface area contributed by atoms with Crippen LogP contribution < -0.4 is 10.6 Å². The van der Waals surface area contributed by atoms with Crippen molar-refractivity contribution in [2.45, 2.75) is 12.8 Å². The lowest BCUT2D eigenvalue weighted by Crippen LogP contribution is -2.30. The highest BCUT2D eigenvalue weighted by atomic mass is 35.5. The van der Waals surface area contributed by atoms with E-state index >= 15 is 0 Å². The zero-order valence-electron chi connectivity index (χ0n) is 12.6. The van der Waals surface area contributed by atoms with Crippen molar-refractivity contribution < 1.29 is 19.4 Å². The predicted octanol–water partition coefficient (Wildman–Crippen LogP) is 1.80. The second kappa shape index (κ2) is 6.48. The summed E-state index contributed by atoms with van der Waals surface area (Å²) in [5, 5.41) is 22.6. The average molecular weight is 364 g/mol. The SMILES string of the molecule is O=C(O)CC/C(O)=c1\c(=O)cc(-c2ccc(F)c(Cl)c2)n2ncnc12. The molecule has 0 aliphatic carbocycles. The Bertz CT molecular complexity index is 1100. The lowest BCUT2D eigenvalue weighted by Gasteiger charge is -2.06. The van der Waals surface area contributed by atoms with Crippen molar-refractivity contribution >= 4 is 29.0 Å². The number of nitrogens with zero attached hydrogens (tertiary/aromatic N) is 3. The molecule has 1 aromatic carbocycles. The van der Waals surface area contributed by atoms with Gasteiger partial charge in [-0.15, -0.1) is 0 Å². The van der Waals surface area contributed by atoms with E-state index < -0.39 is 17.2 Å². The van der Waals surface area contributed by atoms with Crippen molar-refractivity contribution in [3.8, 4) is 11.3 Å². The minimum Gasteiger partial charge on any atom is -0.511 e. The summed E-state index contributed by atoms with van der Waals surface area (Å²) in [5.41, 5.74) is 0.273. The Balaban J connectivity index is 2.26. The van der Waals surface area contributed by atoms with Crippen LogP contribution in [0.25, 0.3) is 22.7 Å². The second-order valence-electron chi connectivity index (χ2n) is 5.23. The van der Waals surface area contributed by atoms with Gasteiger partial charge in [0.1, 0.15) is 23.1 Å². The molecular weight excluding hydrogens is 353 g/mol. The van der Waals surface area contributed by atoms with Crippen LogP contribution in [-0.4, -0.2) is 30.8 Å². The Hall–Kier alpha value is -3.00. The fraction of sp³-hybridized carbons (Fsp3) is 0.125. The molecule has 0 fully saturated rings. The number of benzene rings is 1. The molecule has 0 bridgehead atoms. The summed E-state index contributed by atoms with van der Waals surface area (Å²) >= 11 is 5.78. The Morgan fingerprint density at radius 1 is 1.24 bits per heavy atom. The quantitative estimate of drug-likeness (QED) is 0.732. The first kappa shape index (κ1) is 16.8. The van der Waals surface area contributed by atoms with Crippen LogP contribution in [0, 0.1) is 5.82 Å². The molecule has 3 rings (SSSR count). The summed E-state index contributed by atoms with van der Waals surface area (Å²) in [4.78, 5) is 27.1. The minimum absolute atomic E-state index is 0.0748. The molecule has 0 radical (unpaired) electrons. The van der Waals surface area contributed by atoms with Crippen molar-refractivity contribution in [1.29, 1.82) is 0 Å². The molecule has 3 aromatic rings. The zero-order valence-corrected chi connectivity index (χ0v) is 13.4. The molecule has 2 aromatic heterocycles. The zero-order chi connectivity index (χ0) is 18.1. The van der Waals surface area contributed by atoms with Crippen LogP contribution in [0.15, 0.2) is 35.4 Å². The molecule has 0 aliphatic rings. The van der Waals surface area contributed by atoms with Crippen molar-refractivity contribution in [3.05, 3.63) is 56.9 Å². The van der Waals surface area contributed by atoms with E-state index in [-0.39, 0.29) is 34.5 Å². The first-order valence-electron chi connectivity index (χ1n) is 7.14. The molecule has 0 unspecified atom stereocenters. The molecule has 0 saturated carbocycles. The number of aliphatic hydroxyl groups excluding tert-OH is 1. The van der Waals surface area contributed by atoms with Gasteiger partial charge in [0.05, 0.1) is 17.1 Å². The molecule has 0 spiro atoms. The summed E-state index contributed by atoms with van der Waals surface area (Å²) < 4.78 is 14.7. The van der Waals surface area contributed by atoms with Gasteiger partial charge in [0.15, 0.2) is 11.1 Å². The van der Waals surface area contributed by atoms with Crippen molar-refractivity contribution in [3.63, 3.8) is 0 Å². The summed E-state index contributed by atoms with van der Waals surface area (Å²) in [6.45, 7) is 0. The summed E-state index contributed by atoms with van der Waals surface area (Å²) in [7, 11) is 0. The van der Waals surface area contributed by atoms with Crippen molar-refractivity contribution in [2.24, 2.45) is 0 Å². The Morgan fingerprint density at radius 2 is 2.00 bits per heavy atom. The van der Waals surface area contributed by atoms with Crippen LogP contribution >= 0.6 is 11.6 Å². The van der Waals surface area contributed by atoms with Gasteiger partial charge in [0.2, 0.25) is 0 Å². The van der Waals surface area contributed by atoms with Crippen LogP contribution in [0.4, 0.5) is 4.39 Å². The van der Waals surface area contributed by atoms with Gasteiger partial charge in [-0.25, -0.2) is 13.9 Å². The van der Waals surface area contributed by atoms with Gasteiger partial charge in [-0.2, -0.15) is 5.10 Å². The number of hydrogen-bond donors (Lipinski definition) is 2. The van der Waals surface area contributed by atoms with E-state index in [4.69, 9.17) is 16.7 Å². The maximum Gasteiger partial charge on any atom is 0.303 e. The van der Waals surface area contributed by atoms with E-state index in [1.165, 1.54) is 29.0 Å². The van der Waals surface area contributed by atoms with Gasteiger partial charge in [-0.05, 0) is 18.2 Å². The number of aromatic nitrogens is 3. The topological polar surface area (TPSA) is 105 Å². The third kappa shape index (κ3) is 3.16. The molecule has 0 saturated heterocycles. The number of pyridine rings is 1. The molecule has 128 valence electrons. The molecule has 0 aliphatic heterocycles. The van der Waals surface area contributed by atoms with Gasteiger partial charge in [0, 0.05) is 18.1 Å². The fourth-order valence-electron chi connectivity index (χ4n) is 2.44. The van der Waals surface area contributed by atoms with Gasteiger partial charge >= 0.3 is 5.97 Å². The van der Waals surface area contributed by atoms with E-state index in [0.717, 1.165) is 6.07 Å². The molecule has 2 N–H and O–H groups in total. The number of fused-ring (bicyclic) bond motifs is 1. The maximum absolute atomic E-state index is 13.4. The van der Waals surface area contributed by atoms with E-state index in [0.29, 0.717) is 11.3 Å². The summed E-state index contributed by atoms with van der Waals surface area (Å²) in [5.74, 6) is -2.08. The lowest BCUT2D eigenvalue weighted by atomic mass is 10.1. The van der Waals surface area contributed by atoms with Crippen molar-refractivity contribution in [2.75, 3.05) is 0 Å². The summed E-state index contributed by atoms with van der Waals surface area (Å²) in [6.07, 6.45) is 0.646. The van der Waals surface area contributed by atoms with Gasteiger partial charge in [0.25, 0.3) is 0 Å². The maximum atomic E-state index is 13.4. The monoisotopic (exact) mass is 363 g/mol. The number of carbonyl (C=O) groups is 1. The van der Waals surface area contributed by atoms with Gasteiger partial charge < -0.3 is 10.2 Å². The predicted molar refractivity (Wildman–Crippen MR) is 87.8 cm³/mol. The standard InChI is InChI=1S/C16H11ClFN3O4/c17-9-5-8(1-2-10(9)18)11-6-13(23)15(12(22)3-4-14(24)25)16-19-7-20-21(11)16/h1-2,5-7,22H,3-4H2,(H,24,25)/b15-12-. The highest BCUT2D eigenvalue weighted by molar-refractivity contribution is 6.31. The highest BCUT2D eigenvalue weighted by Gasteiger charge is 2.14. The van der Waals surface area contributed by atoms with E-state index in [2.05, 4.69) is 10.1 Å². The number of carboxylic acid groups (broad SMARTS) is 1. The molecular formula is C16H11ClFN3O4. The van der Waals surface area contributed by atoms with Gasteiger partial charge in [-0.3, -0.25) is 9.59 Å². The number of aliphatic carboxylic acids is 1. The molecule has 2 heterocycles. The summed E-state index contributed by atoms with van der Waals surface area (Å²) in [6, 6.07) is 5.15. The van der Waals surface area contributed by atoms with Crippen LogP contribution in [0.1, 0.15) is 12.8 Å². The number of halogens is 2. The van der Waals surface area contributed by atoms with E-state index in [9.17, 15) is 19.1 Å². The smallest absolute Gasteiger partial charge is 0.303 e. The third-order valence-electron chi connectivity index (χ3n) is 3.59. The van der Waals surface area contributed by atoms with Crippen LogP contribution in [0.5, 0.6) is 0 Å². The molecule has 0 amide bonds. The fourth-order valence-corrected chi connectivity index (χ4v) is 2.62. The Kier molecular flexibility index (Phi) is 4.37. The van der Waals surface area contributed by atoms with Crippen LogP contribution in [0.3, 0.4) is 0 Å². The Morgan fingerprint density at radius 3 is 2.68 bits per heavy atom. The normalized spacial score (nSPS) is 12.4. The first-order chi connectivity index (χ1) is 11.9. The molecule has 0 atom stereocenters. The van der Waals surface area contributed by atoms with E-state index in [1.54, 1.807) is 0 Å². The number of aliphatic hydroxyl groups is 1. The van der Waals surface area contributed by atoms with E-state index in [1.807, 2.05) is 0 Å². The van der Waals surface area contributed by atoms with Crippen LogP contribution in [0.2, 0.25) is 5.02 Å². The molecule has 7 nitrogen and oxygen atoms in total. The highest BCUT2D eigenvalue weighted by Crippen LogP contribution is 2.23. The second-order valence-corrected chi connectivity index (χ2v) is 5.64.